The van der Waals surface area contributed by atoms with Gasteiger partial charge >= 0.3 is 0 Å². The predicted molar refractivity (Wildman–Crippen MR) is 72.8 cm³/mol. The SMILES string of the molecule is Cc1ccc(N2CCN3C(=O)CCC3C2)c(C#N)c1. The van der Waals surface area contributed by atoms with Gasteiger partial charge in [0.2, 0.25) is 5.91 Å². The molecule has 0 aliphatic carbocycles. The molecule has 2 aliphatic heterocycles. The molecule has 2 saturated heterocycles. The van der Waals surface area contributed by atoms with Gasteiger partial charge in [-0.15, -0.1) is 0 Å². The molecule has 0 aromatic heterocycles. The number of nitrogens with zero attached hydrogens (tertiary/aromatic N) is 3. The van der Waals surface area contributed by atoms with Crippen LogP contribution in [0.15, 0.2) is 18.2 Å². The van der Waals surface area contributed by atoms with Crippen LogP contribution >= 0.6 is 0 Å². The van der Waals surface area contributed by atoms with Crippen LogP contribution < -0.4 is 4.90 Å². The Bertz CT molecular complexity index is 561. The molecule has 0 saturated carbocycles. The fourth-order valence-electron chi connectivity index (χ4n) is 3.10. The number of fused-ring (bicyclic) bond motifs is 1. The van der Waals surface area contributed by atoms with Crippen molar-refractivity contribution in [3.8, 4) is 6.07 Å². The lowest BCUT2D eigenvalue weighted by atomic mass is 10.1. The van der Waals surface area contributed by atoms with Gasteiger partial charge in [0, 0.05) is 32.1 Å². The van der Waals surface area contributed by atoms with Crippen molar-refractivity contribution < 1.29 is 4.79 Å². The van der Waals surface area contributed by atoms with Crippen molar-refractivity contribution >= 4 is 11.6 Å². The summed E-state index contributed by atoms with van der Waals surface area (Å²) in [6.45, 7) is 4.45. The van der Waals surface area contributed by atoms with Crippen LogP contribution in [0.5, 0.6) is 0 Å². The number of carbonyl (C=O) groups is 1. The van der Waals surface area contributed by atoms with Gasteiger partial charge in [0.25, 0.3) is 0 Å². The van der Waals surface area contributed by atoms with Crippen LogP contribution in [0.2, 0.25) is 0 Å². The van der Waals surface area contributed by atoms with E-state index in [4.69, 9.17) is 0 Å². The minimum atomic E-state index is 0.286. The molecule has 19 heavy (non-hydrogen) atoms. The van der Waals surface area contributed by atoms with Gasteiger partial charge in [0.15, 0.2) is 0 Å². The number of hydrogen-bond donors (Lipinski definition) is 0. The molecule has 4 nitrogen and oxygen atoms in total. The molecule has 2 heterocycles. The molecule has 0 N–H and O–H groups in total. The first-order valence-corrected chi connectivity index (χ1v) is 6.74. The lowest BCUT2D eigenvalue weighted by molar-refractivity contribution is -0.129. The fourth-order valence-corrected chi connectivity index (χ4v) is 3.10. The molecular formula is C15H17N3O. The number of nitriles is 1. The largest absolute Gasteiger partial charge is 0.367 e. The van der Waals surface area contributed by atoms with E-state index in [1.54, 1.807) is 0 Å². The maximum Gasteiger partial charge on any atom is 0.223 e. The van der Waals surface area contributed by atoms with Crippen LogP contribution in [0.1, 0.15) is 24.0 Å². The van der Waals surface area contributed by atoms with Gasteiger partial charge in [-0.3, -0.25) is 4.79 Å². The summed E-state index contributed by atoms with van der Waals surface area (Å²) in [7, 11) is 0. The Labute approximate surface area is 113 Å². The number of amides is 1. The van der Waals surface area contributed by atoms with Gasteiger partial charge in [0.1, 0.15) is 6.07 Å². The monoisotopic (exact) mass is 255 g/mol. The van der Waals surface area contributed by atoms with Crippen LogP contribution in [0.25, 0.3) is 0 Å². The molecular weight excluding hydrogens is 238 g/mol. The number of piperazine rings is 1. The zero-order valence-electron chi connectivity index (χ0n) is 11.1. The summed E-state index contributed by atoms with van der Waals surface area (Å²) >= 11 is 0. The molecule has 2 fully saturated rings. The van der Waals surface area contributed by atoms with Crippen LogP contribution in [-0.4, -0.2) is 36.5 Å². The van der Waals surface area contributed by atoms with Crippen LogP contribution in [0.4, 0.5) is 5.69 Å². The van der Waals surface area contributed by atoms with E-state index in [-0.39, 0.29) is 5.91 Å². The topological polar surface area (TPSA) is 47.3 Å². The molecule has 2 aliphatic rings. The molecule has 1 amide bonds. The second-order valence-electron chi connectivity index (χ2n) is 5.36. The second-order valence-corrected chi connectivity index (χ2v) is 5.36. The average Bonchev–Trinajstić information content (AvgIpc) is 2.79. The number of hydrogen-bond acceptors (Lipinski definition) is 3. The summed E-state index contributed by atoms with van der Waals surface area (Å²) in [4.78, 5) is 15.9. The smallest absolute Gasteiger partial charge is 0.223 e. The third-order valence-electron chi connectivity index (χ3n) is 4.11. The van der Waals surface area contributed by atoms with E-state index in [0.717, 1.165) is 42.9 Å². The van der Waals surface area contributed by atoms with E-state index in [2.05, 4.69) is 11.0 Å². The first-order valence-electron chi connectivity index (χ1n) is 6.74. The molecule has 1 aromatic rings. The number of benzene rings is 1. The van der Waals surface area contributed by atoms with E-state index in [0.29, 0.717) is 12.5 Å². The predicted octanol–water partition coefficient (Wildman–Crippen LogP) is 1.68. The maximum absolute atomic E-state index is 11.7. The highest BCUT2D eigenvalue weighted by atomic mass is 16.2. The van der Waals surface area contributed by atoms with Crippen molar-refractivity contribution in [2.75, 3.05) is 24.5 Å². The van der Waals surface area contributed by atoms with Crippen LogP contribution in [0, 0.1) is 18.3 Å². The van der Waals surface area contributed by atoms with E-state index in [1.165, 1.54) is 0 Å². The molecule has 1 unspecified atom stereocenters. The standard InChI is InChI=1S/C15H17N3O/c1-11-2-4-14(12(8-11)9-16)17-6-7-18-13(10-17)3-5-15(18)19/h2,4,8,13H,3,5-7,10H2,1H3. The van der Waals surface area contributed by atoms with E-state index in [1.807, 2.05) is 30.0 Å². The van der Waals surface area contributed by atoms with Crippen LogP contribution in [-0.2, 0) is 4.79 Å². The van der Waals surface area contributed by atoms with E-state index >= 15 is 0 Å². The Balaban J connectivity index is 1.85. The molecule has 98 valence electrons. The normalized spacial score (nSPS) is 22.3. The first kappa shape index (κ1) is 12.0. The summed E-state index contributed by atoms with van der Waals surface area (Å²) in [5.41, 5.74) is 2.85. The zero-order chi connectivity index (χ0) is 13.4. The molecule has 0 radical (unpaired) electrons. The van der Waals surface area contributed by atoms with Crippen molar-refractivity contribution in [2.45, 2.75) is 25.8 Å². The molecule has 1 atom stereocenters. The highest BCUT2D eigenvalue weighted by molar-refractivity contribution is 5.79. The fraction of sp³-hybridized carbons (Fsp3) is 0.467. The lowest BCUT2D eigenvalue weighted by Gasteiger charge is -2.39. The number of rotatable bonds is 1. The minimum Gasteiger partial charge on any atom is -0.367 e. The molecule has 0 spiro atoms. The number of carbonyl (C=O) groups excluding carboxylic acids is 1. The van der Waals surface area contributed by atoms with Gasteiger partial charge in [-0.25, -0.2) is 0 Å². The Kier molecular flexibility index (Phi) is 2.90. The highest BCUT2D eigenvalue weighted by Crippen LogP contribution is 2.28. The maximum atomic E-state index is 11.7. The summed E-state index contributed by atoms with van der Waals surface area (Å²) in [6, 6.07) is 8.61. The van der Waals surface area contributed by atoms with Gasteiger partial charge < -0.3 is 9.80 Å². The van der Waals surface area contributed by atoms with E-state index in [9.17, 15) is 10.1 Å². The molecule has 1 aromatic carbocycles. The zero-order valence-corrected chi connectivity index (χ0v) is 11.1. The van der Waals surface area contributed by atoms with Crippen molar-refractivity contribution in [3.05, 3.63) is 29.3 Å². The van der Waals surface area contributed by atoms with Crippen LogP contribution in [0.3, 0.4) is 0 Å². The van der Waals surface area contributed by atoms with Gasteiger partial charge in [-0.2, -0.15) is 5.26 Å². The summed E-state index contributed by atoms with van der Waals surface area (Å²) < 4.78 is 0. The molecule has 3 rings (SSSR count). The van der Waals surface area contributed by atoms with Crippen molar-refractivity contribution in [3.63, 3.8) is 0 Å². The highest BCUT2D eigenvalue weighted by Gasteiger charge is 2.35. The first-order chi connectivity index (χ1) is 9.19. The summed E-state index contributed by atoms with van der Waals surface area (Å²) in [6.07, 6.45) is 1.63. The Morgan fingerprint density at radius 2 is 2.21 bits per heavy atom. The van der Waals surface area contributed by atoms with Crippen molar-refractivity contribution in [1.82, 2.24) is 4.90 Å². The average molecular weight is 255 g/mol. The minimum absolute atomic E-state index is 0.286. The van der Waals surface area contributed by atoms with Crippen molar-refractivity contribution in [2.24, 2.45) is 0 Å². The number of aryl methyl sites for hydroxylation is 1. The van der Waals surface area contributed by atoms with Gasteiger partial charge in [-0.05, 0) is 31.0 Å². The lowest BCUT2D eigenvalue weighted by Crippen LogP contribution is -2.51. The Morgan fingerprint density at radius 3 is 3.00 bits per heavy atom. The molecule has 0 bridgehead atoms. The Morgan fingerprint density at radius 1 is 1.37 bits per heavy atom. The summed E-state index contributed by atoms with van der Waals surface area (Å²) in [5.74, 6) is 0.286. The third-order valence-corrected chi connectivity index (χ3v) is 4.11. The summed E-state index contributed by atoms with van der Waals surface area (Å²) in [5, 5.41) is 9.26. The third kappa shape index (κ3) is 2.06. The van der Waals surface area contributed by atoms with Gasteiger partial charge in [-0.1, -0.05) is 6.07 Å². The quantitative estimate of drug-likeness (QED) is 0.767. The van der Waals surface area contributed by atoms with Gasteiger partial charge in [0.05, 0.1) is 11.3 Å². The Hall–Kier alpha value is -2.02. The van der Waals surface area contributed by atoms with Crippen molar-refractivity contribution in [1.29, 1.82) is 5.26 Å². The van der Waals surface area contributed by atoms with E-state index < -0.39 is 0 Å². The number of anilines is 1. The molecule has 4 heteroatoms. The second kappa shape index (κ2) is 4.58.